The Balaban J connectivity index is 1.34. The number of carbonyl (C=O) groups excluding carboxylic acids is 4. The molecule has 0 radical (unpaired) electrons. The van der Waals surface area contributed by atoms with Crippen LogP contribution >= 0.6 is 62.8 Å². The van der Waals surface area contributed by atoms with Crippen molar-refractivity contribution in [2.24, 2.45) is 5.92 Å². The molecule has 2 spiro atoms. The van der Waals surface area contributed by atoms with Crippen LogP contribution in [0.3, 0.4) is 0 Å². The highest BCUT2D eigenvalue weighted by Crippen LogP contribution is 2.78. The largest absolute Gasteiger partial charge is 0.392 e. The number of hydrogen-bond donors (Lipinski definition) is 5. The lowest BCUT2D eigenvalue weighted by atomic mass is 9.52. The van der Waals surface area contributed by atoms with Crippen LogP contribution in [-0.4, -0.2) is 123 Å². The fraction of sp³-hybridized carbons (Fsp3) is 0.500. The second-order valence-electron chi connectivity index (χ2n) is 14.5. The smallest absolute Gasteiger partial charge is 0.265 e. The molecule has 0 aromatic heterocycles. The van der Waals surface area contributed by atoms with Crippen LogP contribution in [0.1, 0.15) is 25.0 Å². The van der Waals surface area contributed by atoms with Crippen molar-refractivity contribution in [2.45, 2.75) is 68.7 Å². The Hall–Kier alpha value is -2.10. The first kappa shape index (κ1) is 33.5. The van der Waals surface area contributed by atoms with Gasteiger partial charge >= 0.3 is 0 Å². The second kappa shape index (κ2) is 10.1. The van der Waals surface area contributed by atoms with Gasteiger partial charge in [0.05, 0.1) is 17.4 Å². The minimum Gasteiger partial charge on any atom is -0.392 e. The van der Waals surface area contributed by atoms with E-state index in [0.29, 0.717) is 22.5 Å². The lowest BCUT2D eigenvalue weighted by Crippen LogP contribution is -2.75. The number of nitrogens with one attached hydrogen (secondary N) is 2. The van der Waals surface area contributed by atoms with Crippen molar-refractivity contribution in [3.63, 3.8) is 0 Å². The van der Waals surface area contributed by atoms with E-state index in [2.05, 4.69) is 10.6 Å². The number of carbonyl (C=O) groups is 4. The summed E-state index contributed by atoms with van der Waals surface area (Å²) in [6, 6.07) is 14.6. The number of hydrogen-bond acceptors (Lipinski definition) is 15. The first-order valence-electron chi connectivity index (χ1n) is 16.3. The van der Waals surface area contributed by atoms with Crippen LogP contribution in [-0.2, 0) is 30.0 Å². The molecule has 268 valence electrons. The number of piperazine rings is 2. The Bertz CT molecular complexity index is 2020. The molecule has 19 heteroatoms. The number of likely N-dealkylation sites (N-methyl/N-ethyl adjacent to an activating group) is 2. The Morgan fingerprint density at radius 3 is 1.67 bits per heavy atom. The molecule has 10 heterocycles. The zero-order valence-corrected chi connectivity index (χ0v) is 32.3. The molecule has 2 aromatic carbocycles. The minimum atomic E-state index is -1.92. The maximum absolute atomic E-state index is 15.4. The predicted molar refractivity (Wildman–Crippen MR) is 201 cm³/mol. The third-order valence-corrected chi connectivity index (χ3v) is 23.1. The van der Waals surface area contributed by atoms with E-state index in [4.69, 9.17) is 0 Å². The molecule has 13 nitrogen and oxygen atoms in total. The molecule has 4 amide bonds. The van der Waals surface area contributed by atoms with Gasteiger partial charge < -0.3 is 35.8 Å². The van der Waals surface area contributed by atoms with E-state index in [1.165, 1.54) is 47.3 Å². The van der Waals surface area contributed by atoms with Crippen molar-refractivity contribution < 1.29 is 34.5 Å². The van der Waals surface area contributed by atoms with Gasteiger partial charge in [0.25, 0.3) is 23.6 Å². The molecule has 10 aliphatic rings. The van der Waals surface area contributed by atoms with Gasteiger partial charge in [-0.05, 0) is 92.0 Å². The number of aliphatic hydroxyl groups excluding tert-OH is 3. The molecule has 10 atom stereocenters. The van der Waals surface area contributed by atoms with E-state index in [1.54, 1.807) is 13.1 Å². The van der Waals surface area contributed by atoms with Gasteiger partial charge in [0.1, 0.15) is 24.5 Å². The Labute approximate surface area is 315 Å². The molecule has 5 N–H and O–H groups in total. The molecule has 12 rings (SSSR count). The van der Waals surface area contributed by atoms with Gasteiger partial charge in [-0.1, -0.05) is 50.2 Å². The van der Waals surface area contributed by atoms with Crippen LogP contribution < -0.4 is 10.6 Å². The summed E-state index contributed by atoms with van der Waals surface area (Å²) in [7, 11) is 10.1. The summed E-state index contributed by atoms with van der Waals surface area (Å²) in [5, 5.41) is 45.0. The molecule has 4 bridgehead atoms. The summed E-state index contributed by atoms with van der Waals surface area (Å²) in [4.78, 5) is 59.3. The van der Waals surface area contributed by atoms with Crippen LogP contribution in [0.2, 0.25) is 0 Å². The van der Waals surface area contributed by atoms with Crippen molar-refractivity contribution in [3.05, 3.63) is 59.7 Å². The maximum Gasteiger partial charge on any atom is 0.265 e. The van der Waals surface area contributed by atoms with E-state index in [9.17, 15) is 20.1 Å². The van der Waals surface area contributed by atoms with Gasteiger partial charge in [0, 0.05) is 25.5 Å². The summed E-state index contributed by atoms with van der Waals surface area (Å²) >= 11 is 0. The molecule has 51 heavy (non-hydrogen) atoms. The van der Waals surface area contributed by atoms with E-state index in [1.807, 2.05) is 56.3 Å². The number of para-hydroxylation sites is 2. The Morgan fingerprint density at radius 1 is 0.686 bits per heavy atom. The van der Waals surface area contributed by atoms with Crippen molar-refractivity contribution >= 4 is 97.8 Å². The average Bonchev–Trinajstić information content (AvgIpc) is 3.64. The lowest BCUT2D eigenvalue weighted by molar-refractivity contribution is -0.169. The number of aliphatic hydroxyl groups is 3. The Morgan fingerprint density at radius 2 is 1.16 bits per heavy atom. The van der Waals surface area contributed by atoms with E-state index in [0.717, 1.165) is 42.2 Å². The number of amides is 4. The molecule has 8 fully saturated rings. The number of anilines is 2. The second-order valence-corrected chi connectivity index (χ2v) is 23.2. The van der Waals surface area contributed by atoms with Gasteiger partial charge in [-0.25, -0.2) is 0 Å². The summed E-state index contributed by atoms with van der Waals surface area (Å²) in [6.07, 6.45) is -5.64. The number of fused-ring (bicyclic) bond motifs is 13. The maximum atomic E-state index is 15.4. The highest BCUT2D eigenvalue weighted by molar-refractivity contribution is 9.10. The quantitative estimate of drug-likeness (QED) is 0.287. The fourth-order valence-electron chi connectivity index (χ4n) is 10.5. The van der Waals surface area contributed by atoms with Crippen LogP contribution in [0.5, 0.6) is 0 Å². The van der Waals surface area contributed by atoms with Crippen LogP contribution in [0.4, 0.5) is 11.4 Å². The summed E-state index contributed by atoms with van der Waals surface area (Å²) in [5.41, 5.74) is -1.21. The molecular formula is C32H32N6O7S6. The standard InChI is InChI=1S/C32H32N6O7S6/c1-14(2)30-26(45)38-22-29(16-10-6-8-12-18(16)34-22,20(41)32(38,49-51-47-30)25(44)36(30)4)28-15-9-5-7-11-17(15)33-21(28)37-23(42)27(13-39)35(3)24(43)31(37,19(28)40)48-50-46-27/h5-12,14,19-22,33-34,39-41H,13H2,1-4H3/t19-,20-,21-,22+,27-,28?,29?,30?,31-,32-/m0/s1. The van der Waals surface area contributed by atoms with Crippen molar-refractivity contribution in [1.29, 1.82) is 0 Å². The monoisotopic (exact) mass is 804 g/mol. The van der Waals surface area contributed by atoms with Gasteiger partial charge in [-0.3, -0.25) is 29.0 Å². The molecule has 2 aromatic rings. The lowest BCUT2D eigenvalue weighted by Gasteiger charge is -2.52. The van der Waals surface area contributed by atoms with E-state index < -0.39 is 79.2 Å². The molecule has 10 aliphatic heterocycles. The molecular weight excluding hydrogens is 773 g/mol. The Kier molecular flexibility index (Phi) is 6.66. The SMILES string of the molecule is CC(C)C12SSS[C@]3(C(=O)N1C)[C@@H](O)C1(C45c6ccccc6N[C@H]4N4C(=O)[C@]6(CO)SSS[C@]4(C(=O)N6C)[C@H]5O)c4ccccc4N[C@@H]1N3C2=O. The zero-order chi connectivity index (χ0) is 35.8. The number of nitrogens with zero attached hydrogens (tertiary/aromatic N) is 4. The average molecular weight is 805 g/mol. The third kappa shape index (κ3) is 3.05. The zero-order valence-electron chi connectivity index (χ0n) is 27.4. The van der Waals surface area contributed by atoms with Crippen LogP contribution in [0.15, 0.2) is 48.5 Å². The normalized spacial score (nSPS) is 44.2. The van der Waals surface area contributed by atoms with Gasteiger partial charge in [-0.2, -0.15) is 0 Å². The summed E-state index contributed by atoms with van der Waals surface area (Å²) in [6.45, 7) is 3.13. The third-order valence-electron chi connectivity index (χ3n) is 12.7. The first-order chi connectivity index (χ1) is 24.3. The van der Waals surface area contributed by atoms with E-state index in [-0.39, 0.29) is 11.8 Å². The molecule has 8 saturated heterocycles. The predicted octanol–water partition coefficient (Wildman–Crippen LogP) is 2.24. The van der Waals surface area contributed by atoms with E-state index >= 15 is 14.4 Å². The highest BCUT2D eigenvalue weighted by atomic mass is 33.5. The van der Waals surface area contributed by atoms with Crippen LogP contribution in [0.25, 0.3) is 0 Å². The van der Waals surface area contributed by atoms with Gasteiger partial charge in [0.15, 0.2) is 4.87 Å². The minimum absolute atomic E-state index is 0.320. The number of rotatable bonds is 3. The van der Waals surface area contributed by atoms with Crippen molar-refractivity contribution in [3.8, 4) is 0 Å². The van der Waals surface area contributed by atoms with Crippen molar-refractivity contribution in [2.75, 3.05) is 31.3 Å². The van der Waals surface area contributed by atoms with Gasteiger partial charge in [0.2, 0.25) is 14.6 Å². The first-order valence-corrected chi connectivity index (χ1v) is 23.3. The van der Waals surface area contributed by atoms with Crippen LogP contribution in [0, 0.1) is 5.92 Å². The topological polar surface area (TPSA) is 166 Å². The van der Waals surface area contributed by atoms with Crippen molar-refractivity contribution in [1.82, 2.24) is 19.6 Å². The molecule has 0 saturated carbocycles. The number of benzene rings is 2. The molecule has 0 aliphatic carbocycles. The highest BCUT2D eigenvalue weighted by Gasteiger charge is 2.92. The molecule has 3 unspecified atom stereocenters. The summed E-state index contributed by atoms with van der Waals surface area (Å²) in [5.74, 6) is -2.26. The van der Waals surface area contributed by atoms with Gasteiger partial charge in [-0.15, -0.1) is 0 Å². The summed E-state index contributed by atoms with van der Waals surface area (Å²) < 4.78 is 0. The fourth-order valence-corrected chi connectivity index (χ4v) is 22.7.